The summed E-state index contributed by atoms with van der Waals surface area (Å²) in [4.78, 5) is 15.2. The Labute approximate surface area is 177 Å². The van der Waals surface area contributed by atoms with Gasteiger partial charge in [-0.2, -0.15) is 0 Å². The minimum atomic E-state index is -3.63. The smallest absolute Gasteiger partial charge is 0.290 e. The molecule has 0 N–H and O–H groups in total. The third-order valence-electron chi connectivity index (χ3n) is 5.30. The molecule has 2 aromatic carbocycles. The second-order valence-electron chi connectivity index (χ2n) is 7.50. The van der Waals surface area contributed by atoms with Gasteiger partial charge >= 0.3 is 0 Å². The van der Waals surface area contributed by atoms with Gasteiger partial charge in [-0.05, 0) is 24.0 Å². The van der Waals surface area contributed by atoms with Crippen molar-refractivity contribution in [1.82, 2.24) is 4.90 Å². The molecule has 30 heavy (non-hydrogen) atoms. The lowest BCUT2D eigenvalue weighted by molar-refractivity contribution is -0.133. The molecular weight excluding hydrogens is 402 g/mol. The van der Waals surface area contributed by atoms with Crippen molar-refractivity contribution in [2.24, 2.45) is 0 Å². The van der Waals surface area contributed by atoms with Crippen molar-refractivity contribution in [2.75, 3.05) is 25.5 Å². The van der Waals surface area contributed by atoms with Crippen molar-refractivity contribution < 1.29 is 22.7 Å². The Morgan fingerprint density at radius 1 is 1.00 bits per heavy atom. The van der Waals surface area contributed by atoms with E-state index in [1.807, 2.05) is 30.3 Å². The highest BCUT2D eigenvalue weighted by Crippen LogP contribution is 2.31. The van der Waals surface area contributed by atoms with Crippen LogP contribution >= 0.6 is 0 Å². The summed E-state index contributed by atoms with van der Waals surface area (Å²) >= 11 is 0. The van der Waals surface area contributed by atoms with E-state index in [4.69, 9.17) is 9.47 Å². The predicted molar refractivity (Wildman–Crippen MR) is 114 cm³/mol. The lowest BCUT2D eigenvalue weighted by Gasteiger charge is -2.29. The number of ether oxygens (including phenoxy) is 2. The Balaban J connectivity index is 1.73. The maximum atomic E-state index is 13.6. The van der Waals surface area contributed by atoms with Gasteiger partial charge in [0.05, 0.1) is 11.9 Å². The largest absolute Gasteiger partial charge is 0.486 e. The topological polar surface area (TPSA) is 72.9 Å². The number of sulfone groups is 1. The van der Waals surface area contributed by atoms with Crippen LogP contribution in [0.3, 0.4) is 0 Å². The highest BCUT2D eigenvalue weighted by Gasteiger charge is 2.36. The molecule has 0 radical (unpaired) electrons. The third-order valence-corrected chi connectivity index (χ3v) is 7.04. The number of rotatable bonds is 6. The SMILES string of the molecule is O=C(C1=C(c2ccccc2)S(=O)(=O)CCO1)N(Cc1ccccc1)CC1CCCO1. The van der Waals surface area contributed by atoms with Gasteiger partial charge < -0.3 is 14.4 Å². The summed E-state index contributed by atoms with van der Waals surface area (Å²) in [6.07, 6.45) is 1.78. The van der Waals surface area contributed by atoms with E-state index >= 15 is 0 Å². The van der Waals surface area contributed by atoms with E-state index in [1.165, 1.54) is 0 Å². The van der Waals surface area contributed by atoms with Gasteiger partial charge in [-0.1, -0.05) is 60.7 Å². The van der Waals surface area contributed by atoms with Gasteiger partial charge in [-0.25, -0.2) is 8.42 Å². The Bertz CT molecular complexity index is 1010. The molecule has 2 heterocycles. The molecule has 6 nitrogen and oxygen atoms in total. The molecule has 1 fully saturated rings. The molecule has 1 saturated heterocycles. The van der Waals surface area contributed by atoms with Gasteiger partial charge in [0.2, 0.25) is 5.76 Å². The highest BCUT2D eigenvalue weighted by atomic mass is 32.2. The average Bonchev–Trinajstić information content (AvgIpc) is 3.26. The summed E-state index contributed by atoms with van der Waals surface area (Å²) in [5, 5.41) is 0. The summed E-state index contributed by atoms with van der Waals surface area (Å²) in [7, 11) is -3.63. The maximum Gasteiger partial charge on any atom is 0.290 e. The fourth-order valence-corrected chi connectivity index (χ4v) is 5.25. The van der Waals surface area contributed by atoms with Crippen LogP contribution in [0, 0.1) is 0 Å². The van der Waals surface area contributed by atoms with Crippen molar-refractivity contribution >= 4 is 20.6 Å². The Kier molecular flexibility index (Phi) is 6.20. The molecule has 0 saturated carbocycles. The first-order valence-electron chi connectivity index (χ1n) is 10.1. The lowest BCUT2D eigenvalue weighted by Crippen LogP contribution is -2.40. The van der Waals surface area contributed by atoms with Gasteiger partial charge in [0.1, 0.15) is 11.5 Å². The lowest BCUT2D eigenvalue weighted by atomic mass is 10.1. The number of carbonyl (C=O) groups is 1. The second kappa shape index (κ2) is 9.02. The zero-order chi connectivity index (χ0) is 21.0. The molecule has 2 aromatic rings. The number of carbonyl (C=O) groups excluding carboxylic acids is 1. The molecule has 2 aliphatic heterocycles. The zero-order valence-electron chi connectivity index (χ0n) is 16.7. The third kappa shape index (κ3) is 4.57. The maximum absolute atomic E-state index is 13.6. The minimum absolute atomic E-state index is 0.0234. The fraction of sp³-hybridized carbons (Fsp3) is 0.348. The normalized spacial score (nSPS) is 20.6. The van der Waals surface area contributed by atoms with E-state index in [0.29, 0.717) is 25.3 Å². The molecule has 7 heteroatoms. The van der Waals surface area contributed by atoms with Crippen LogP contribution < -0.4 is 0 Å². The zero-order valence-corrected chi connectivity index (χ0v) is 17.5. The van der Waals surface area contributed by atoms with E-state index in [1.54, 1.807) is 35.2 Å². The van der Waals surface area contributed by atoms with Crippen LogP contribution in [-0.2, 0) is 30.7 Å². The van der Waals surface area contributed by atoms with Crippen LogP contribution in [0.2, 0.25) is 0 Å². The molecule has 0 bridgehead atoms. The van der Waals surface area contributed by atoms with Crippen LogP contribution in [0.5, 0.6) is 0 Å². The van der Waals surface area contributed by atoms with Crippen LogP contribution in [0.4, 0.5) is 0 Å². The van der Waals surface area contributed by atoms with E-state index < -0.39 is 15.7 Å². The van der Waals surface area contributed by atoms with Crippen LogP contribution in [-0.4, -0.2) is 50.8 Å². The predicted octanol–water partition coefficient (Wildman–Crippen LogP) is 3.01. The number of benzene rings is 2. The first kappa shape index (κ1) is 20.6. The van der Waals surface area contributed by atoms with E-state index in [0.717, 1.165) is 18.4 Å². The molecule has 1 amide bonds. The quantitative estimate of drug-likeness (QED) is 0.709. The van der Waals surface area contributed by atoms with Gasteiger partial charge in [-0.3, -0.25) is 4.79 Å². The molecular formula is C23H25NO5S. The van der Waals surface area contributed by atoms with Crippen LogP contribution in [0.15, 0.2) is 66.4 Å². The summed E-state index contributed by atoms with van der Waals surface area (Å²) in [5.74, 6) is -0.656. The van der Waals surface area contributed by atoms with Gasteiger partial charge in [0, 0.05) is 19.7 Å². The molecule has 2 aliphatic rings. The second-order valence-corrected chi connectivity index (χ2v) is 9.54. The van der Waals surface area contributed by atoms with Crippen LogP contribution in [0.25, 0.3) is 4.91 Å². The number of hydrogen-bond donors (Lipinski definition) is 0. The molecule has 0 aromatic heterocycles. The van der Waals surface area contributed by atoms with Gasteiger partial charge in [0.15, 0.2) is 9.84 Å². The standard InChI is InChI=1S/C23H25NO5S/c25-23(21-22(19-10-5-2-6-11-19)30(26,27)15-14-29-21)24(17-20-12-7-13-28-20)16-18-8-3-1-4-9-18/h1-6,8-11,20H,7,12-17H2. The van der Waals surface area contributed by atoms with Crippen molar-refractivity contribution in [3.05, 3.63) is 77.5 Å². The first-order valence-corrected chi connectivity index (χ1v) is 11.8. The molecule has 0 spiro atoms. The Morgan fingerprint density at radius 2 is 1.70 bits per heavy atom. The van der Waals surface area contributed by atoms with Crippen molar-refractivity contribution in [3.8, 4) is 0 Å². The number of amides is 1. The van der Waals surface area contributed by atoms with Gasteiger partial charge in [-0.15, -0.1) is 0 Å². The molecule has 0 aliphatic carbocycles. The highest BCUT2D eigenvalue weighted by molar-refractivity contribution is 8.00. The average molecular weight is 428 g/mol. The molecule has 1 unspecified atom stereocenters. The minimum Gasteiger partial charge on any atom is -0.486 e. The van der Waals surface area contributed by atoms with Crippen molar-refractivity contribution in [1.29, 1.82) is 0 Å². The molecule has 1 atom stereocenters. The molecule has 4 rings (SSSR count). The van der Waals surface area contributed by atoms with Crippen molar-refractivity contribution in [3.63, 3.8) is 0 Å². The summed E-state index contributed by atoms with van der Waals surface area (Å²) in [5.41, 5.74) is 1.43. The number of hydrogen-bond acceptors (Lipinski definition) is 5. The fourth-order valence-electron chi connectivity index (χ4n) is 3.82. The van der Waals surface area contributed by atoms with Crippen molar-refractivity contribution in [2.45, 2.75) is 25.5 Å². The monoisotopic (exact) mass is 427 g/mol. The van der Waals surface area contributed by atoms with Crippen LogP contribution in [0.1, 0.15) is 24.0 Å². The van der Waals surface area contributed by atoms with E-state index in [2.05, 4.69) is 0 Å². The number of nitrogens with zero attached hydrogens (tertiary/aromatic N) is 1. The van der Waals surface area contributed by atoms with E-state index in [-0.39, 0.29) is 29.1 Å². The molecule has 158 valence electrons. The first-order chi connectivity index (χ1) is 14.5. The summed E-state index contributed by atoms with van der Waals surface area (Å²) < 4.78 is 37.2. The Hall–Kier alpha value is -2.64. The van der Waals surface area contributed by atoms with Gasteiger partial charge in [0.25, 0.3) is 5.91 Å². The Morgan fingerprint density at radius 3 is 2.37 bits per heavy atom. The van der Waals surface area contributed by atoms with E-state index in [9.17, 15) is 13.2 Å². The summed E-state index contributed by atoms with van der Waals surface area (Å²) in [6, 6.07) is 18.3. The summed E-state index contributed by atoms with van der Waals surface area (Å²) in [6.45, 7) is 1.40.